The van der Waals surface area contributed by atoms with Gasteiger partial charge in [-0.1, -0.05) is 23.8 Å². The molecule has 190 valence electrons. The molecule has 2 aliphatic heterocycles. The number of carbonyl (C=O) groups excluding carboxylic acids is 1. The van der Waals surface area contributed by atoms with Gasteiger partial charge in [-0.2, -0.15) is 0 Å². The Balaban J connectivity index is 1.45. The minimum atomic E-state index is -0.493. The number of nitrogens with zero attached hydrogens (tertiary/aromatic N) is 2. The third kappa shape index (κ3) is 7.17. The molecule has 1 aromatic carbocycles. The molecule has 3 atom stereocenters. The number of rotatable bonds is 12. The summed E-state index contributed by atoms with van der Waals surface area (Å²) in [5.74, 6) is 0.893. The van der Waals surface area contributed by atoms with Crippen LogP contribution in [0.2, 0.25) is 0 Å². The van der Waals surface area contributed by atoms with Crippen LogP contribution in [0.25, 0.3) is 0 Å². The van der Waals surface area contributed by atoms with E-state index in [1.165, 1.54) is 16.0 Å². The van der Waals surface area contributed by atoms with Gasteiger partial charge in [0.05, 0.1) is 24.8 Å². The average molecular weight is 499 g/mol. The third-order valence-corrected chi connectivity index (χ3v) is 7.86. The van der Waals surface area contributed by atoms with E-state index in [1.807, 2.05) is 35.2 Å². The second-order valence-electron chi connectivity index (χ2n) is 9.63. The first-order valence-electron chi connectivity index (χ1n) is 12.7. The Hall–Kier alpha value is -2.19. The zero-order valence-electron chi connectivity index (χ0n) is 20.7. The van der Waals surface area contributed by atoms with Crippen molar-refractivity contribution >= 4 is 17.2 Å². The SMILES string of the molecule is C=CCC[C@H](O)CN(CC(=O)N1CCc2sccc2[C@H]1COc1ccc(C)cc1)C[C@H]1CCCO1. The Morgan fingerprint density at radius 1 is 1.37 bits per heavy atom. The number of aliphatic hydroxyl groups is 1. The number of hydrogen-bond donors (Lipinski definition) is 1. The first-order chi connectivity index (χ1) is 17.0. The molecule has 3 heterocycles. The maximum absolute atomic E-state index is 13.7. The summed E-state index contributed by atoms with van der Waals surface area (Å²) in [7, 11) is 0. The lowest BCUT2D eigenvalue weighted by Crippen LogP contribution is -2.49. The highest BCUT2D eigenvalue weighted by molar-refractivity contribution is 7.10. The third-order valence-electron chi connectivity index (χ3n) is 6.86. The molecular weight excluding hydrogens is 460 g/mol. The molecule has 0 spiro atoms. The number of aliphatic hydroxyl groups excluding tert-OH is 1. The number of ether oxygens (including phenoxy) is 2. The molecule has 1 aromatic heterocycles. The van der Waals surface area contributed by atoms with Gasteiger partial charge in [0.15, 0.2) is 0 Å². The van der Waals surface area contributed by atoms with Crippen LogP contribution in [0, 0.1) is 6.92 Å². The van der Waals surface area contributed by atoms with Gasteiger partial charge < -0.3 is 19.5 Å². The molecule has 0 aliphatic carbocycles. The van der Waals surface area contributed by atoms with Crippen LogP contribution in [-0.4, -0.2) is 72.4 Å². The Bertz CT molecular complexity index is 954. The van der Waals surface area contributed by atoms with Crippen LogP contribution < -0.4 is 4.74 Å². The fourth-order valence-electron chi connectivity index (χ4n) is 4.95. The fourth-order valence-corrected chi connectivity index (χ4v) is 5.87. The number of carbonyl (C=O) groups is 1. The van der Waals surface area contributed by atoms with Crippen LogP contribution in [0.15, 0.2) is 48.4 Å². The molecule has 0 unspecified atom stereocenters. The second-order valence-corrected chi connectivity index (χ2v) is 10.6. The molecule has 0 saturated carbocycles. The van der Waals surface area contributed by atoms with Crippen LogP contribution in [-0.2, 0) is 16.0 Å². The predicted molar refractivity (Wildman–Crippen MR) is 140 cm³/mol. The minimum Gasteiger partial charge on any atom is -0.491 e. The van der Waals surface area contributed by atoms with Crippen molar-refractivity contribution in [2.45, 2.75) is 57.3 Å². The van der Waals surface area contributed by atoms with Gasteiger partial charge in [0.1, 0.15) is 12.4 Å². The smallest absolute Gasteiger partial charge is 0.237 e. The summed E-state index contributed by atoms with van der Waals surface area (Å²) in [4.78, 5) is 19.1. The van der Waals surface area contributed by atoms with E-state index in [9.17, 15) is 9.90 Å². The lowest BCUT2D eigenvalue weighted by molar-refractivity contribution is -0.136. The summed E-state index contributed by atoms with van der Waals surface area (Å²) in [6, 6.07) is 10.0. The molecule has 1 N–H and O–H groups in total. The molecule has 4 rings (SSSR count). The minimum absolute atomic E-state index is 0.0771. The van der Waals surface area contributed by atoms with Crippen molar-refractivity contribution in [3.63, 3.8) is 0 Å². The van der Waals surface area contributed by atoms with Gasteiger partial charge in [-0.15, -0.1) is 17.9 Å². The second kappa shape index (κ2) is 12.7. The molecule has 2 aromatic rings. The number of hydrogen-bond acceptors (Lipinski definition) is 6. The lowest BCUT2D eigenvalue weighted by Gasteiger charge is -2.37. The molecule has 7 heteroatoms. The molecule has 0 bridgehead atoms. The number of amides is 1. The largest absolute Gasteiger partial charge is 0.491 e. The normalized spacial score (nSPS) is 20.6. The van der Waals surface area contributed by atoms with E-state index >= 15 is 0 Å². The van der Waals surface area contributed by atoms with E-state index in [4.69, 9.17) is 9.47 Å². The van der Waals surface area contributed by atoms with Crippen molar-refractivity contribution in [1.29, 1.82) is 0 Å². The Morgan fingerprint density at radius 3 is 2.94 bits per heavy atom. The van der Waals surface area contributed by atoms with Crippen molar-refractivity contribution in [1.82, 2.24) is 9.80 Å². The molecular formula is C28H38N2O4S. The molecule has 1 amide bonds. The molecule has 0 radical (unpaired) electrons. The van der Waals surface area contributed by atoms with E-state index in [0.29, 0.717) is 32.7 Å². The molecule has 1 fully saturated rings. The monoisotopic (exact) mass is 498 g/mol. The van der Waals surface area contributed by atoms with Crippen LogP contribution in [0.5, 0.6) is 5.75 Å². The number of fused-ring (bicyclic) bond motifs is 1. The van der Waals surface area contributed by atoms with Gasteiger partial charge in [-0.05, 0) is 68.2 Å². The first kappa shape index (κ1) is 25.9. The standard InChI is InChI=1S/C28H38N2O4S/c1-3-4-6-22(31)17-29(18-24-7-5-15-33-24)19-28(32)30-14-12-27-25(13-16-35-27)26(30)20-34-23-10-8-21(2)9-11-23/h3,8-11,13,16,22,24,26,31H,1,4-7,12,14-15,17-20H2,2H3/t22-,24+,26+/m0/s1. The number of aryl methyl sites for hydroxylation is 1. The number of thiophene rings is 1. The van der Waals surface area contributed by atoms with Crippen LogP contribution in [0.4, 0.5) is 0 Å². The van der Waals surface area contributed by atoms with Crippen LogP contribution >= 0.6 is 11.3 Å². The van der Waals surface area contributed by atoms with Gasteiger partial charge in [0.2, 0.25) is 5.91 Å². The number of allylic oxidation sites excluding steroid dienone is 1. The first-order valence-corrected chi connectivity index (χ1v) is 13.6. The summed E-state index contributed by atoms with van der Waals surface area (Å²) < 4.78 is 12.0. The number of benzene rings is 1. The van der Waals surface area contributed by atoms with Crippen molar-refractivity contribution in [3.8, 4) is 5.75 Å². The highest BCUT2D eigenvalue weighted by atomic mass is 32.1. The van der Waals surface area contributed by atoms with Crippen molar-refractivity contribution in [2.75, 3.05) is 39.4 Å². The van der Waals surface area contributed by atoms with Crippen molar-refractivity contribution in [3.05, 3.63) is 64.4 Å². The highest BCUT2D eigenvalue weighted by Gasteiger charge is 2.33. The lowest BCUT2D eigenvalue weighted by atomic mass is 10.00. The maximum atomic E-state index is 13.7. The van der Waals surface area contributed by atoms with Crippen LogP contribution in [0.3, 0.4) is 0 Å². The summed E-state index contributed by atoms with van der Waals surface area (Å²) in [5, 5.41) is 12.7. The van der Waals surface area contributed by atoms with Gasteiger partial charge in [-0.25, -0.2) is 0 Å². The fraction of sp³-hybridized carbons (Fsp3) is 0.536. The maximum Gasteiger partial charge on any atom is 0.237 e. The quantitative estimate of drug-likeness (QED) is 0.441. The van der Waals surface area contributed by atoms with Crippen molar-refractivity contribution in [2.24, 2.45) is 0 Å². The van der Waals surface area contributed by atoms with E-state index in [-0.39, 0.29) is 24.6 Å². The van der Waals surface area contributed by atoms with Crippen molar-refractivity contribution < 1.29 is 19.4 Å². The zero-order chi connectivity index (χ0) is 24.6. The Labute approximate surface area is 213 Å². The molecule has 2 aliphatic rings. The Kier molecular flexibility index (Phi) is 9.38. The Morgan fingerprint density at radius 2 is 2.20 bits per heavy atom. The van der Waals surface area contributed by atoms with E-state index < -0.39 is 6.10 Å². The predicted octanol–water partition coefficient (Wildman–Crippen LogP) is 4.37. The summed E-state index contributed by atoms with van der Waals surface area (Å²) in [6.45, 7) is 9.08. The average Bonchev–Trinajstić information content (AvgIpc) is 3.54. The van der Waals surface area contributed by atoms with Gasteiger partial charge in [-0.3, -0.25) is 9.69 Å². The summed E-state index contributed by atoms with van der Waals surface area (Å²) in [6.07, 6.45) is 5.78. The summed E-state index contributed by atoms with van der Waals surface area (Å²) in [5.41, 5.74) is 2.38. The van der Waals surface area contributed by atoms with Gasteiger partial charge in [0, 0.05) is 31.1 Å². The summed E-state index contributed by atoms with van der Waals surface area (Å²) >= 11 is 1.76. The molecule has 6 nitrogen and oxygen atoms in total. The topological polar surface area (TPSA) is 62.2 Å². The van der Waals surface area contributed by atoms with E-state index in [0.717, 1.165) is 38.0 Å². The highest BCUT2D eigenvalue weighted by Crippen LogP contribution is 2.34. The molecule has 35 heavy (non-hydrogen) atoms. The van der Waals surface area contributed by atoms with Gasteiger partial charge in [0.25, 0.3) is 0 Å². The zero-order valence-corrected chi connectivity index (χ0v) is 21.5. The van der Waals surface area contributed by atoms with E-state index in [2.05, 4.69) is 29.8 Å². The van der Waals surface area contributed by atoms with E-state index in [1.54, 1.807) is 11.3 Å². The van der Waals surface area contributed by atoms with Crippen LogP contribution in [0.1, 0.15) is 47.7 Å². The molecule has 1 saturated heterocycles. The van der Waals surface area contributed by atoms with Gasteiger partial charge >= 0.3 is 0 Å².